The first-order chi connectivity index (χ1) is 17.1. The number of carbonyl (C=O) groups is 1. The van der Waals surface area contributed by atoms with Crippen molar-refractivity contribution in [2.75, 3.05) is 26.8 Å². The minimum absolute atomic E-state index is 0.00563. The van der Waals surface area contributed by atoms with Gasteiger partial charge in [-0.15, -0.1) is 0 Å². The highest BCUT2D eigenvalue weighted by molar-refractivity contribution is 6.41. The van der Waals surface area contributed by atoms with E-state index in [1.165, 1.54) is 25.7 Å². The molecule has 2 aliphatic heterocycles. The second-order valence-electron chi connectivity index (χ2n) is 13.4. The van der Waals surface area contributed by atoms with E-state index in [0.29, 0.717) is 47.6 Å². The average Bonchev–Trinajstić information content (AvgIpc) is 3.38. The van der Waals surface area contributed by atoms with Crippen LogP contribution in [0.2, 0.25) is 0 Å². The molecular formula is C29H42ClN3O3. The number of hydrogen-bond donors (Lipinski definition) is 1. The maximum absolute atomic E-state index is 13.7. The first-order valence-electron chi connectivity index (χ1n) is 14.1. The van der Waals surface area contributed by atoms with Gasteiger partial charge in [0.2, 0.25) is 0 Å². The van der Waals surface area contributed by atoms with Crippen LogP contribution in [-0.2, 0) is 9.53 Å². The molecule has 6 rings (SSSR count). The predicted octanol–water partition coefficient (Wildman–Crippen LogP) is 4.84. The summed E-state index contributed by atoms with van der Waals surface area (Å²) >= 11 is 6.10. The number of hydrazone groups is 1. The van der Waals surface area contributed by atoms with Crippen LogP contribution in [0, 0.1) is 40.4 Å². The first kappa shape index (κ1) is 25.1. The molecule has 4 fully saturated rings. The van der Waals surface area contributed by atoms with Crippen LogP contribution in [-0.4, -0.2) is 66.3 Å². The van der Waals surface area contributed by atoms with Crippen LogP contribution >= 0.6 is 11.6 Å². The van der Waals surface area contributed by atoms with Crippen LogP contribution in [0.1, 0.15) is 71.6 Å². The molecule has 0 aromatic heterocycles. The number of hydrogen-bond acceptors (Lipinski definition) is 6. The Morgan fingerprint density at radius 2 is 2.00 bits per heavy atom. The summed E-state index contributed by atoms with van der Waals surface area (Å²) in [7, 11) is 1.85. The van der Waals surface area contributed by atoms with Gasteiger partial charge in [-0.25, -0.2) is 0 Å². The monoisotopic (exact) mass is 515 g/mol. The zero-order valence-corrected chi connectivity index (χ0v) is 22.8. The Balaban J connectivity index is 1.18. The second-order valence-corrected chi connectivity index (χ2v) is 13.8. The lowest BCUT2D eigenvalue weighted by Gasteiger charge is -2.62. The van der Waals surface area contributed by atoms with Gasteiger partial charge >= 0.3 is 0 Å². The van der Waals surface area contributed by atoms with E-state index in [-0.39, 0.29) is 22.8 Å². The maximum Gasteiger partial charge on any atom is 0.157 e. The molecule has 36 heavy (non-hydrogen) atoms. The number of allylic oxidation sites excluding steroid dienone is 1. The fourth-order valence-corrected chi connectivity index (χ4v) is 10.0. The van der Waals surface area contributed by atoms with Crippen molar-refractivity contribution < 1.29 is 14.6 Å². The molecule has 4 aliphatic carbocycles. The average molecular weight is 516 g/mol. The van der Waals surface area contributed by atoms with Crippen LogP contribution in [0.4, 0.5) is 0 Å². The van der Waals surface area contributed by atoms with E-state index in [2.05, 4.69) is 17.0 Å². The maximum atomic E-state index is 13.7. The minimum Gasteiger partial charge on any atom is -0.390 e. The van der Waals surface area contributed by atoms with Gasteiger partial charge in [0.15, 0.2) is 5.78 Å². The molecule has 0 aromatic carbocycles. The Labute approximate surface area is 220 Å². The molecule has 198 valence electrons. The van der Waals surface area contributed by atoms with Crippen LogP contribution in [0.25, 0.3) is 0 Å². The van der Waals surface area contributed by atoms with Gasteiger partial charge < -0.3 is 9.84 Å². The van der Waals surface area contributed by atoms with Crippen molar-refractivity contribution in [2.45, 2.75) is 83.3 Å². The topological polar surface area (TPSA) is 74.5 Å². The summed E-state index contributed by atoms with van der Waals surface area (Å²) in [5, 5.41) is 18.1. The van der Waals surface area contributed by atoms with Crippen molar-refractivity contribution in [3.63, 3.8) is 0 Å². The summed E-state index contributed by atoms with van der Waals surface area (Å²) < 4.78 is 5.90. The van der Waals surface area contributed by atoms with Crippen molar-refractivity contribution in [1.29, 1.82) is 0 Å². The Bertz CT molecular complexity index is 1010. The second kappa shape index (κ2) is 8.91. The van der Waals surface area contributed by atoms with Crippen molar-refractivity contribution in [3.8, 4) is 0 Å². The lowest BCUT2D eigenvalue weighted by Crippen LogP contribution is -2.58. The van der Waals surface area contributed by atoms with Crippen LogP contribution < -0.4 is 0 Å². The van der Waals surface area contributed by atoms with Gasteiger partial charge in [0, 0.05) is 19.2 Å². The van der Waals surface area contributed by atoms with Crippen LogP contribution in [0.15, 0.2) is 21.2 Å². The quantitative estimate of drug-likeness (QED) is 0.568. The molecule has 4 saturated carbocycles. The molecule has 6 nitrogen and oxygen atoms in total. The molecule has 1 unspecified atom stereocenters. The molecule has 9 atom stereocenters. The van der Waals surface area contributed by atoms with E-state index >= 15 is 0 Å². The van der Waals surface area contributed by atoms with Gasteiger partial charge in [0.05, 0.1) is 36.0 Å². The fraction of sp³-hybridized carbons (Fsp3) is 0.828. The smallest absolute Gasteiger partial charge is 0.157 e. The number of dihydropyridines is 1. The summed E-state index contributed by atoms with van der Waals surface area (Å²) in [6.45, 7) is 6.32. The third-order valence-electron chi connectivity index (χ3n) is 11.4. The number of nitrogens with zero attached hydrogens (tertiary/aromatic N) is 3. The Hall–Kier alpha value is -1.24. The summed E-state index contributed by atoms with van der Waals surface area (Å²) in [5.74, 6) is 2.97. The molecule has 1 N–H and O–H groups in total. The molecule has 0 bridgehead atoms. The highest BCUT2D eigenvalue weighted by Crippen LogP contribution is 2.68. The molecule has 2 heterocycles. The largest absolute Gasteiger partial charge is 0.390 e. The van der Waals surface area contributed by atoms with Crippen molar-refractivity contribution >= 4 is 29.3 Å². The molecule has 7 heteroatoms. The molecule has 0 saturated heterocycles. The van der Waals surface area contributed by atoms with Gasteiger partial charge in [-0.2, -0.15) is 5.10 Å². The van der Waals surface area contributed by atoms with E-state index < -0.39 is 5.60 Å². The summed E-state index contributed by atoms with van der Waals surface area (Å²) in [4.78, 5) is 18.2. The highest BCUT2D eigenvalue weighted by atomic mass is 35.5. The van der Waals surface area contributed by atoms with E-state index in [1.807, 2.05) is 25.1 Å². The molecule has 0 radical (unpaired) electrons. The number of aliphatic hydroxyl groups is 1. The molecule has 0 amide bonds. The Kier molecular flexibility index (Phi) is 6.20. The van der Waals surface area contributed by atoms with Gasteiger partial charge in [0.25, 0.3) is 0 Å². The van der Waals surface area contributed by atoms with E-state index in [0.717, 1.165) is 44.4 Å². The number of fused-ring (bicyclic) bond motifs is 6. The predicted molar refractivity (Wildman–Crippen MR) is 142 cm³/mol. The number of Topliss-reactive ketones (excluding diaryl/α,β-unsaturated/α-hetero) is 1. The lowest BCUT2D eigenvalue weighted by molar-refractivity contribution is -0.175. The molecule has 0 spiro atoms. The fourth-order valence-electron chi connectivity index (χ4n) is 9.85. The van der Waals surface area contributed by atoms with Gasteiger partial charge in [-0.1, -0.05) is 18.5 Å². The first-order valence-corrected chi connectivity index (χ1v) is 14.5. The number of ether oxygens (including phenoxy) is 1. The van der Waals surface area contributed by atoms with Crippen molar-refractivity contribution in [1.82, 2.24) is 5.01 Å². The summed E-state index contributed by atoms with van der Waals surface area (Å²) in [6.07, 6.45) is 13.3. The van der Waals surface area contributed by atoms with Gasteiger partial charge in [-0.3, -0.25) is 14.8 Å². The zero-order chi connectivity index (χ0) is 25.3. The van der Waals surface area contributed by atoms with Gasteiger partial charge in [-0.05, 0) is 105 Å². The van der Waals surface area contributed by atoms with E-state index in [1.54, 1.807) is 6.21 Å². The standard InChI is InChI=1S/C29H42ClN3O3/c1-27(35)10-11-29(17-36-3)18(13-27)4-5-20-21-6-7-23(28(21,2)9-8-22(20)29)26(34)16-33-15-25-24(32-33)12-19(30)14-31-25/h12,14,18,20-23,25,35H,4-11,13,15-17H2,1-3H3/t18-,20-,21-,22-,23+,25?,27+,28-,29+/m0/s1. The number of carbonyl (C=O) groups excluding carboxylic acids is 1. The number of halogens is 1. The number of rotatable bonds is 5. The minimum atomic E-state index is -0.536. The van der Waals surface area contributed by atoms with Crippen LogP contribution in [0.5, 0.6) is 0 Å². The van der Waals surface area contributed by atoms with Gasteiger partial charge in [0.1, 0.15) is 6.04 Å². The molecule has 0 aromatic rings. The van der Waals surface area contributed by atoms with Crippen molar-refractivity contribution in [3.05, 3.63) is 11.1 Å². The third kappa shape index (κ3) is 3.92. The number of methoxy groups -OCH3 is 1. The molecule has 6 aliphatic rings. The Morgan fingerprint density at radius 3 is 2.81 bits per heavy atom. The Morgan fingerprint density at radius 1 is 1.17 bits per heavy atom. The number of aliphatic imine (C=N–C) groups is 1. The highest BCUT2D eigenvalue weighted by Gasteiger charge is 2.63. The van der Waals surface area contributed by atoms with E-state index in [9.17, 15) is 9.90 Å². The third-order valence-corrected chi connectivity index (χ3v) is 11.6. The summed E-state index contributed by atoms with van der Waals surface area (Å²) in [5.41, 5.74) is 0.616. The number of ketones is 1. The lowest BCUT2D eigenvalue weighted by atomic mass is 9.43. The van der Waals surface area contributed by atoms with E-state index in [4.69, 9.17) is 16.3 Å². The SMILES string of the molecule is COC[C@]12CC[C@@](C)(O)C[C@@H]1CC[C@H]1[C@@H]3CC[C@H](C(=O)CN4CC5N=CC(Cl)=CC5=N4)[C@@]3(C)CC[C@@H]12. The summed E-state index contributed by atoms with van der Waals surface area (Å²) in [6, 6.07) is 0.00563. The van der Waals surface area contributed by atoms with Crippen molar-refractivity contribution in [2.24, 2.45) is 50.5 Å². The molecular weight excluding hydrogens is 474 g/mol. The van der Waals surface area contributed by atoms with Crippen LogP contribution in [0.3, 0.4) is 0 Å². The normalized spacial score (nSPS) is 47.4. The zero-order valence-electron chi connectivity index (χ0n) is 22.1.